The lowest BCUT2D eigenvalue weighted by Crippen LogP contribution is -2.45. The summed E-state index contributed by atoms with van der Waals surface area (Å²) in [5, 5.41) is 3.08. The number of para-hydroxylation sites is 1. The number of aryl methyl sites for hydroxylation is 1. The molecule has 5 nitrogen and oxygen atoms in total. The normalized spacial score (nSPS) is 18.0. The molecule has 0 radical (unpaired) electrons. The van der Waals surface area contributed by atoms with Crippen LogP contribution in [0.25, 0.3) is 0 Å². The maximum atomic E-state index is 12.8. The summed E-state index contributed by atoms with van der Waals surface area (Å²) in [6.07, 6.45) is 1.59. The van der Waals surface area contributed by atoms with Gasteiger partial charge in [0.2, 0.25) is 0 Å². The lowest BCUT2D eigenvalue weighted by Gasteiger charge is -2.32. The Bertz CT molecular complexity index is 634. The van der Waals surface area contributed by atoms with E-state index in [9.17, 15) is 9.59 Å². The van der Waals surface area contributed by atoms with E-state index < -0.39 is 0 Å². The first-order valence-corrected chi connectivity index (χ1v) is 9.06. The first kappa shape index (κ1) is 19.3. The molecule has 2 amide bonds. The van der Waals surface area contributed by atoms with Crippen LogP contribution in [0, 0.1) is 12.8 Å². The van der Waals surface area contributed by atoms with Gasteiger partial charge < -0.3 is 15.0 Å². The minimum Gasteiger partial charge on any atom is -0.466 e. The molecule has 1 fully saturated rings. The van der Waals surface area contributed by atoms with E-state index in [1.165, 1.54) is 0 Å². The molecule has 1 N–H and O–H groups in total. The van der Waals surface area contributed by atoms with Gasteiger partial charge in [-0.1, -0.05) is 39.0 Å². The number of anilines is 1. The largest absolute Gasteiger partial charge is 0.466 e. The van der Waals surface area contributed by atoms with Crippen LogP contribution in [0.5, 0.6) is 0 Å². The Balaban J connectivity index is 2.13. The lowest BCUT2D eigenvalue weighted by molar-refractivity contribution is -0.149. The Hall–Kier alpha value is -2.04. The number of nitrogens with zero attached hydrogens (tertiary/aromatic N) is 1. The third-order valence-electron chi connectivity index (χ3n) is 4.64. The highest BCUT2D eigenvalue weighted by atomic mass is 16.5. The number of amides is 2. The maximum Gasteiger partial charge on any atom is 0.321 e. The average Bonchev–Trinajstić information content (AvgIpc) is 2.56. The fourth-order valence-electron chi connectivity index (χ4n) is 3.26. The standard InChI is InChI=1S/C20H30N2O3/c1-6-25-18(23)15-10-8-12-22(13-15)19(24)21-17-14(2)9-7-11-16(17)20(3,4)5/h7,9,11,15H,6,8,10,12-13H2,1-5H3,(H,21,24). The van der Waals surface area contributed by atoms with Crippen molar-refractivity contribution < 1.29 is 14.3 Å². The van der Waals surface area contributed by atoms with Gasteiger partial charge in [-0.2, -0.15) is 0 Å². The van der Waals surface area contributed by atoms with Crippen molar-refractivity contribution in [2.24, 2.45) is 5.92 Å². The van der Waals surface area contributed by atoms with Gasteiger partial charge in [0.1, 0.15) is 0 Å². The van der Waals surface area contributed by atoms with Gasteiger partial charge in [0.15, 0.2) is 0 Å². The summed E-state index contributed by atoms with van der Waals surface area (Å²) in [5.41, 5.74) is 2.96. The number of hydrogen-bond donors (Lipinski definition) is 1. The van der Waals surface area contributed by atoms with Gasteiger partial charge >= 0.3 is 12.0 Å². The molecule has 1 saturated heterocycles. The van der Waals surface area contributed by atoms with Crippen molar-refractivity contribution in [1.29, 1.82) is 0 Å². The summed E-state index contributed by atoms with van der Waals surface area (Å²) < 4.78 is 5.11. The second-order valence-corrected chi connectivity index (χ2v) is 7.71. The number of urea groups is 1. The molecule has 0 saturated carbocycles. The van der Waals surface area contributed by atoms with E-state index in [-0.39, 0.29) is 23.3 Å². The number of rotatable bonds is 3. The fourth-order valence-corrected chi connectivity index (χ4v) is 3.26. The van der Waals surface area contributed by atoms with E-state index in [2.05, 4.69) is 32.2 Å². The van der Waals surface area contributed by atoms with E-state index in [1.807, 2.05) is 19.1 Å². The Morgan fingerprint density at radius 1 is 1.32 bits per heavy atom. The number of ether oxygens (including phenoxy) is 1. The van der Waals surface area contributed by atoms with Crippen molar-refractivity contribution in [2.45, 2.75) is 52.9 Å². The minimum atomic E-state index is -0.224. The highest BCUT2D eigenvalue weighted by Gasteiger charge is 2.30. The van der Waals surface area contributed by atoms with Crippen LogP contribution >= 0.6 is 0 Å². The molecule has 1 aromatic rings. The Morgan fingerprint density at radius 2 is 2.04 bits per heavy atom. The van der Waals surface area contributed by atoms with Crippen LogP contribution in [-0.4, -0.2) is 36.6 Å². The van der Waals surface area contributed by atoms with Crippen molar-refractivity contribution in [3.8, 4) is 0 Å². The summed E-state index contributed by atoms with van der Waals surface area (Å²) >= 11 is 0. The number of benzene rings is 1. The van der Waals surface area contributed by atoms with Crippen molar-refractivity contribution in [3.05, 3.63) is 29.3 Å². The van der Waals surface area contributed by atoms with E-state index in [4.69, 9.17) is 4.74 Å². The highest BCUT2D eigenvalue weighted by Crippen LogP contribution is 2.32. The molecule has 25 heavy (non-hydrogen) atoms. The molecule has 1 aromatic carbocycles. The summed E-state index contributed by atoms with van der Waals surface area (Å²) in [7, 11) is 0. The first-order chi connectivity index (χ1) is 11.7. The number of carbonyl (C=O) groups excluding carboxylic acids is 2. The van der Waals surface area contributed by atoms with Crippen LogP contribution in [0.3, 0.4) is 0 Å². The topological polar surface area (TPSA) is 58.6 Å². The monoisotopic (exact) mass is 346 g/mol. The molecule has 0 bridgehead atoms. The molecular formula is C20H30N2O3. The molecule has 1 atom stereocenters. The van der Waals surface area contributed by atoms with E-state index >= 15 is 0 Å². The maximum absolute atomic E-state index is 12.8. The average molecular weight is 346 g/mol. The van der Waals surface area contributed by atoms with Crippen molar-refractivity contribution in [3.63, 3.8) is 0 Å². The molecule has 0 spiro atoms. The quantitative estimate of drug-likeness (QED) is 0.838. The Morgan fingerprint density at radius 3 is 2.68 bits per heavy atom. The number of carbonyl (C=O) groups is 2. The molecule has 1 aliphatic rings. The molecule has 138 valence electrons. The lowest BCUT2D eigenvalue weighted by atomic mass is 9.84. The minimum absolute atomic E-state index is 0.0655. The van der Waals surface area contributed by atoms with E-state index in [0.717, 1.165) is 29.7 Å². The van der Waals surface area contributed by atoms with Gasteiger partial charge in [0.05, 0.1) is 12.5 Å². The van der Waals surface area contributed by atoms with E-state index in [0.29, 0.717) is 19.7 Å². The molecule has 1 aliphatic heterocycles. The van der Waals surface area contributed by atoms with Crippen LogP contribution in [0.15, 0.2) is 18.2 Å². The first-order valence-electron chi connectivity index (χ1n) is 9.06. The zero-order valence-electron chi connectivity index (χ0n) is 16.0. The number of hydrogen-bond acceptors (Lipinski definition) is 3. The predicted octanol–water partition coefficient (Wildman–Crippen LogP) is 4.10. The third kappa shape index (κ3) is 4.74. The van der Waals surface area contributed by atoms with Gasteiger partial charge in [0, 0.05) is 18.8 Å². The van der Waals surface area contributed by atoms with Gasteiger partial charge in [0.25, 0.3) is 0 Å². The van der Waals surface area contributed by atoms with Gasteiger partial charge in [-0.15, -0.1) is 0 Å². The zero-order valence-corrected chi connectivity index (χ0v) is 16.0. The predicted molar refractivity (Wildman–Crippen MR) is 99.8 cm³/mol. The zero-order chi connectivity index (χ0) is 18.6. The third-order valence-corrected chi connectivity index (χ3v) is 4.64. The molecule has 0 aromatic heterocycles. The molecule has 0 aliphatic carbocycles. The van der Waals surface area contributed by atoms with Gasteiger partial charge in [-0.3, -0.25) is 4.79 Å². The second-order valence-electron chi connectivity index (χ2n) is 7.71. The van der Waals surface area contributed by atoms with Gasteiger partial charge in [-0.05, 0) is 43.2 Å². The molecular weight excluding hydrogens is 316 g/mol. The second kappa shape index (κ2) is 7.89. The molecule has 2 rings (SSSR count). The molecule has 1 unspecified atom stereocenters. The summed E-state index contributed by atoms with van der Waals surface area (Å²) in [6, 6.07) is 5.93. The summed E-state index contributed by atoms with van der Waals surface area (Å²) in [5.74, 6) is -0.426. The van der Waals surface area contributed by atoms with Crippen LogP contribution < -0.4 is 5.32 Å². The summed E-state index contributed by atoms with van der Waals surface area (Å²) in [6.45, 7) is 11.7. The molecule has 1 heterocycles. The van der Waals surface area contributed by atoms with Crippen LogP contribution in [0.2, 0.25) is 0 Å². The van der Waals surface area contributed by atoms with Gasteiger partial charge in [-0.25, -0.2) is 4.79 Å². The van der Waals surface area contributed by atoms with Crippen LogP contribution in [-0.2, 0) is 14.9 Å². The SMILES string of the molecule is CCOC(=O)C1CCCN(C(=O)Nc2c(C)cccc2C(C)(C)C)C1. The number of nitrogens with one attached hydrogen (secondary N) is 1. The highest BCUT2D eigenvalue weighted by molar-refractivity contribution is 5.91. The summed E-state index contributed by atoms with van der Waals surface area (Å²) in [4.78, 5) is 26.5. The number of piperidine rings is 1. The molecule has 5 heteroatoms. The van der Waals surface area contributed by atoms with Crippen LogP contribution in [0.4, 0.5) is 10.5 Å². The number of esters is 1. The van der Waals surface area contributed by atoms with Crippen LogP contribution in [0.1, 0.15) is 51.7 Å². The Labute approximate surface area is 150 Å². The smallest absolute Gasteiger partial charge is 0.321 e. The van der Waals surface area contributed by atoms with Crippen molar-refractivity contribution in [1.82, 2.24) is 4.90 Å². The van der Waals surface area contributed by atoms with Crippen molar-refractivity contribution >= 4 is 17.7 Å². The Kier molecular flexibility index (Phi) is 6.09. The van der Waals surface area contributed by atoms with Crippen molar-refractivity contribution in [2.75, 3.05) is 25.0 Å². The van der Waals surface area contributed by atoms with E-state index in [1.54, 1.807) is 11.8 Å². The number of likely N-dealkylation sites (tertiary alicyclic amines) is 1. The fraction of sp³-hybridized carbons (Fsp3) is 0.600.